The van der Waals surface area contributed by atoms with Crippen molar-refractivity contribution in [3.05, 3.63) is 24.3 Å². The molecular weight excluding hydrogens is 863 g/mol. The van der Waals surface area contributed by atoms with Crippen LogP contribution < -0.4 is 5.32 Å². The zero-order valence-corrected chi connectivity index (χ0v) is 47.3. The number of allylic oxidation sites excluding steroid dienone is 4. The fourth-order valence-electron chi connectivity index (χ4n) is 9.91. The Kier molecular flexibility index (Phi) is 58.5. The molecule has 0 saturated heterocycles. The van der Waals surface area contributed by atoms with Gasteiger partial charge in [0.05, 0.1) is 25.4 Å². The van der Waals surface area contributed by atoms with Gasteiger partial charge in [-0.3, -0.25) is 9.59 Å². The van der Waals surface area contributed by atoms with Gasteiger partial charge < -0.3 is 20.3 Å². The zero-order chi connectivity index (χ0) is 50.7. The van der Waals surface area contributed by atoms with E-state index in [9.17, 15) is 19.8 Å². The number of aliphatic hydroxyl groups excluding tert-OH is 2. The van der Waals surface area contributed by atoms with E-state index in [-0.39, 0.29) is 18.5 Å². The quantitative estimate of drug-likeness (QED) is 0.0321. The highest BCUT2D eigenvalue weighted by Gasteiger charge is 2.20. The first-order chi connectivity index (χ1) is 34.5. The van der Waals surface area contributed by atoms with E-state index in [1.807, 2.05) is 0 Å². The predicted octanol–water partition coefficient (Wildman–Crippen LogP) is 19.8. The molecule has 0 radical (unpaired) electrons. The molecule has 0 aromatic rings. The number of carbonyl (C=O) groups excluding carboxylic acids is 2. The second-order valence-electron chi connectivity index (χ2n) is 21.7. The second kappa shape index (κ2) is 59.9. The van der Waals surface area contributed by atoms with Crippen LogP contribution in [0.3, 0.4) is 0 Å². The number of esters is 1. The lowest BCUT2D eigenvalue weighted by atomic mass is 10.0. The Morgan fingerprint density at radius 1 is 0.400 bits per heavy atom. The lowest BCUT2D eigenvalue weighted by Gasteiger charge is -2.22. The predicted molar refractivity (Wildman–Crippen MR) is 306 cm³/mol. The van der Waals surface area contributed by atoms with Crippen LogP contribution >= 0.6 is 0 Å². The molecule has 0 heterocycles. The van der Waals surface area contributed by atoms with Crippen LogP contribution in [-0.2, 0) is 14.3 Å². The third-order valence-electron chi connectivity index (χ3n) is 14.8. The van der Waals surface area contributed by atoms with Crippen LogP contribution in [0.15, 0.2) is 24.3 Å². The zero-order valence-electron chi connectivity index (χ0n) is 47.3. The van der Waals surface area contributed by atoms with E-state index in [0.717, 1.165) is 51.4 Å². The summed E-state index contributed by atoms with van der Waals surface area (Å²) in [6.45, 7) is 4.94. The van der Waals surface area contributed by atoms with Gasteiger partial charge >= 0.3 is 5.97 Å². The van der Waals surface area contributed by atoms with Crippen molar-refractivity contribution in [2.24, 2.45) is 0 Å². The van der Waals surface area contributed by atoms with Gasteiger partial charge in [0.15, 0.2) is 0 Å². The van der Waals surface area contributed by atoms with Gasteiger partial charge in [-0.1, -0.05) is 301 Å². The number of unbranched alkanes of at least 4 members (excludes halogenated alkanes) is 44. The van der Waals surface area contributed by atoms with Crippen molar-refractivity contribution >= 4 is 11.9 Å². The molecular formula is C64H123NO5. The summed E-state index contributed by atoms with van der Waals surface area (Å²) in [7, 11) is 0. The molecule has 0 fully saturated rings. The lowest BCUT2D eigenvalue weighted by Crippen LogP contribution is -2.45. The monoisotopic (exact) mass is 986 g/mol. The Balaban J connectivity index is 3.36. The van der Waals surface area contributed by atoms with E-state index in [4.69, 9.17) is 4.74 Å². The molecule has 70 heavy (non-hydrogen) atoms. The van der Waals surface area contributed by atoms with Gasteiger partial charge in [0.2, 0.25) is 5.91 Å². The Morgan fingerprint density at radius 3 is 1.11 bits per heavy atom. The van der Waals surface area contributed by atoms with Crippen molar-refractivity contribution in [1.82, 2.24) is 5.32 Å². The highest BCUT2D eigenvalue weighted by molar-refractivity contribution is 5.76. The first-order valence-corrected chi connectivity index (χ1v) is 31.6. The van der Waals surface area contributed by atoms with E-state index >= 15 is 0 Å². The number of hydrogen-bond donors (Lipinski definition) is 3. The number of amides is 1. The van der Waals surface area contributed by atoms with E-state index < -0.39 is 12.1 Å². The van der Waals surface area contributed by atoms with Gasteiger partial charge in [0, 0.05) is 12.8 Å². The van der Waals surface area contributed by atoms with Crippen LogP contribution in [0.5, 0.6) is 0 Å². The molecule has 3 N–H and O–H groups in total. The minimum atomic E-state index is -0.664. The van der Waals surface area contributed by atoms with E-state index in [2.05, 4.69) is 43.5 Å². The molecule has 0 aliphatic heterocycles. The molecule has 0 saturated carbocycles. The van der Waals surface area contributed by atoms with Gasteiger partial charge in [0.25, 0.3) is 0 Å². The maximum absolute atomic E-state index is 12.5. The van der Waals surface area contributed by atoms with E-state index in [1.54, 1.807) is 0 Å². The number of aliphatic hydroxyl groups is 2. The molecule has 6 nitrogen and oxygen atoms in total. The van der Waals surface area contributed by atoms with Gasteiger partial charge in [-0.25, -0.2) is 0 Å². The Labute approximate surface area is 437 Å². The lowest BCUT2D eigenvalue weighted by molar-refractivity contribution is -0.143. The fraction of sp³-hybridized carbons (Fsp3) is 0.906. The summed E-state index contributed by atoms with van der Waals surface area (Å²) in [4.78, 5) is 24.6. The third kappa shape index (κ3) is 55.7. The van der Waals surface area contributed by atoms with Crippen LogP contribution in [0.1, 0.15) is 348 Å². The summed E-state index contributed by atoms with van der Waals surface area (Å²) in [5.41, 5.74) is 0. The van der Waals surface area contributed by atoms with Crippen LogP contribution in [-0.4, -0.2) is 47.4 Å². The molecule has 2 atom stereocenters. The highest BCUT2D eigenvalue weighted by atomic mass is 16.5. The second-order valence-corrected chi connectivity index (χ2v) is 21.7. The van der Waals surface area contributed by atoms with Gasteiger partial charge in [-0.2, -0.15) is 0 Å². The average molecular weight is 987 g/mol. The van der Waals surface area contributed by atoms with Gasteiger partial charge in [-0.15, -0.1) is 0 Å². The van der Waals surface area contributed by atoms with Crippen LogP contribution in [0, 0.1) is 0 Å². The van der Waals surface area contributed by atoms with Crippen molar-refractivity contribution in [1.29, 1.82) is 0 Å². The summed E-state index contributed by atoms with van der Waals surface area (Å²) < 4.78 is 5.49. The van der Waals surface area contributed by atoms with Gasteiger partial charge in [-0.05, 0) is 57.8 Å². The van der Waals surface area contributed by atoms with Crippen molar-refractivity contribution in [2.45, 2.75) is 360 Å². The average Bonchev–Trinajstić information content (AvgIpc) is 3.36. The molecule has 0 aliphatic carbocycles. The SMILES string of the molecule is CCCCC/C=C\C/C=C\CCCCCCCCCC(=O)OCCCCCCCCCCCCCCCCCCCCCCCCC(=O)NC(CO)C(O)CCCCCCCCCCCCCCCC. The van der Waals surface area contributed by atoms with Crippen molar-refractivity contribution in [2.75, 3.05) is 13.2 Å². The summed E-state index contributed by atoms with van der Waals surface area (Å²) in [6, 6.07) is -0.541. The molecule has 1 amide bonds. The molecule has 0 aromatic carbocycles. The number of hydrogen-bond acceptors (Lipinski definition) is 5. The first-order valence-electron chi connectivity index (χ1n) is 31.6. The molecule has 6 heteroatoms. The standard InChI is InChI=1S/C64H123NO5/c1-3-5-7-9-11-13-15-17-19-26-30-34-38-42-46-50-54-58-64(69)70-59-55-51-47-43-39-35-31-28-25-23-21-20-22-24-27-29-33-37-41-45-49-53-57-63(68)65-61(60-66)62(67)56-52-48-44-40-36-32-18-16-14-12-10-8-6-4-2/h11,13,17,19,61-62,66-67H,3-10,12,14-16,18,20-60H2,1-2H3,(H,65,68)/b13-11-,19-17-. The highest BCUT2D eigenvalue weighted by Crippen LogP contribution is 2.18. The molecule has 0 spiro atoms. The number of ether oxygens (including phenoxy) is 1. The molecule has 2 unspecified atom stereocenters. The molecule has 0 rings (SSSR count). The smallest absolute Gasteiger partial charge is 0.305 e. The normalized spacial score (nSPS) is 12.7. The Bertz CT molecular complexity index is 1090. The first kappa shape index (κ1) is 68.3. The van der Waals surface area contributed by atoms with E-state index in [1.165, 1.54) is 263 Å². The van der Waals surface area contributed by atoms with Gasteiger partial charge in [0.1, 0.15) is 0 Å². The fourth-order valence-corrected chi connectivity index (χ4v) is 9.91. The van der Waals surface area contributed by atoms with Crippen molar-refractivity contribution < 1.29 is 24.5 Å². The minimum absolute atomic E-state index is 0.00598. The molecule has 0 aromatic heterocycles. The number of carbonyl (C=O) groups is 2. The summed E-state index contributed by atoms with van der Waals surface area (Å²) in [6.07, 6.45) is 73.3. The summed E-state index contributed by atoms with van der Waals surface area (Å²) >= 11 is 0. The van der Waals surface area contributed by atoms with E-state index in [0.29, 0.717) is 25.9 Å². The summed E-state index contributed by atoms with van der Waals surface area (Å²) in [5, 5.41) is 23.3. The van der Waals surface area contributed by atoms with Crippen LogP contribution in [0.4, 0.5) is 0 Å². The number of rotatable bonds is 59. The third-order valence-corrected chi connectivity index (χ3v) is 14.8. The summed E-state index contributed by atoms with van der Waals surface area (Å²) in [5.74, 6) is -0.0275. The number of nitrogens with one attached hydrogen (secondary N) is 1. The van der Waals surface area contributed by atoms with Crippen LogP contribution in [0.2, 0.25) is 0 Å². The van der Waals surface area contributed by atoms with Crippen molar-refractivity contribution in [3.63, 3.8) is 0 Å². The molecule has 0 bridgehead atoms. The Hall–Kier alpha value is -1.66. The minimum Gasteiger partial charge on any atom is -0.466 e. The maximum atomic E-state index is 12.5. The maximum Gasteiger partial charge on any atom is 0.305 e. The Morgan fingerprint density at radius 2 is 0.714 bits per heavy atom. The van der Waals surface area contributed by atoms with Crippen molar-refractivity contribution in [3.8, 4) is 0 Å². The molecule has 414 valence electrons. The topological polar surface area (TPSA) is 95.9 Å². The largest absolute Gasteiger partial charge is 0.466 e. The van der Waals surface area contributed by atoms with Crippen LogP contribution in [0.25, 0.3) is 0 Å². The molecule has 0 aliphatic rings.